The predicted octanol–water partition coefficient (Wildman–Crippen LogP) is 1.76. The highest BCUT2D eigenvalue weighted by atomic mass is 16.3. The lowest BCUT2D eigenvalue weighted by Crippen LogP contribution is -2.59. The van der Waals surface area contributed by atoms with Crippen molar-refractivity contribution in [2.75, 3.05) is 0 Å². The molecular formula is C18H12N2O2. The Hall–Kier alpha value is -2.66. The quantitative estimate of drug-likeness (QED) is 0.773. The van der Waals surface area contributed by atoms with Gasteiger partial charge < -0.3 is 10.2 Å². The fraction of sp³-hybridized carbons (Fsp3) is 0.222. The highest BCUT2D eigenvalue weighted by Crippen LogP contribution is 2.61. The molecule has 2 bridgehead atoms. The van der Waals surface area contributed by atoms with E-state index < -0.39 is 23.0 Å². The minimum Gasteiger partial charge on any atom is -0.379 e. The average Bonchev–Trinajstić information content (AvgIpc) is 2.57. The fourth-order valence-electron chi connectivity index (χ4n) is 4.07. The molecule has 3 aliphatic carbocycles. The van der Waals surface area contributed by atoms with Crippen LogP contribution in [-0.4, -0.2) is 10.2 Å². The number of hydrogen-bond donors (Lipinski definition) is 2. The normalized spacial score (nSPS) is 34.2. The van der Waals surface area contributed by atoms with Crippen LogP contribution in [-0.2, 0) is 11.2 Å². The Morgan fingerprint density at radius 1 is 0.682 bits per heavy atom. The Morgan fingerprint density at radius 2 is 0.955 bits per heavy atom. The number of rotatable bonds is 0. The van der Waals surface area contributed by atoms with Gasteiger partial charge in [0, 0.05) is 0 Å². The topological polar surface area (TPSA) is 88.0 Å². The van der Waals surface area contributed by atoms with Crippen molar-refractivity contribution in [3.8, 4) is 12.1 Å². The molecule has 0 aliphatic heterocycles. The monoisotopic (exact) mass is 288 g/mol. The van der Waals surface area contributed by atoms with Crippen molar-refractivity contribution < 1.29 is 10.2 Å². The zero-order chi connectivity index (χ0) is 15.5. The zero-order valence-corrected chi connectivity index (χ0v) is 11.6. The van der Waals surface area contributed by atoms with Crippen LogP contribution >= 0.6 is 0 Å². The number of aliphatic hydroxyl groups is 2. The van der Waals surface area contributed by atoms with E-state index in [1.54, 1.807) is 48.5 Å². The van der Waals surface area contributed by atoms with E-state index in [1.165, 1.54) is 0 Å². The summed E-state index contributed by atoms with van der Waals surface area (Å²) in [5.74, 6) is -2.04. The number of benzene rings is 2. The van der Waals surface area contributed by atoms with E-state index in [1.807, 2.05) is 0 Å². The van der Waals surface area contributed by atoms with Gasteiger partial charge in [-0.1, -0.05) is 48.5 Å². The first kappa shape index (κ1) is 13.0. The molecule has 0 unspecified atom stereocenters. The van der Waals surface area contributed by atoms with Crippen molar-refractivity contribution in [1.82, 2.24) is 0 Å². The Bertz CT molecular complexity index is 756. The third kappa shape index (κ3) is 1.15. The maximum atomic E-state index is 11.4. The smallest absolute Gasteiger partial charge is 0.133 e. The molecule has 106 valence electrons. The second kappa shape index (κ2) is 3.96. The van der Waals surface area contributed by atoms with Gasteiger partial charge in [0.2, 0.25) is 0 Å². The largest absolute Gasteiger partial charge is 0.379 e. The number of hydrogen-bond acceptors (Lipinski definition) is 4. The lowest BCUT2D eigenvalue weighted by molar-refractivity contribution is -0.0887. The summed E-state index contributed by atoms with van der Waals surface area (Å²) in [4.78, 5) is 0. The molecule has 3 aliphatic rings. The molecule has 0 saturated heterocycles. The fourth-order valence-corrected chi connectivity index (χ4v) is 4.07. The van der Waals surface area contributed by atoms with Gasteiger partial charge in [-0.3, -0.25) is 0 Å². The molecule has 2 aromatic rings. The SMILES string of the molecule is N#C[C@@H]1[C@H](C#N)C2(O)c3ccccc3C1(O)c1ccccc12. The second-order valence-electron chi connectivity index (χ2n) is 5.84. The molecule has 5 rings (SSSR count). The van der Waals surface area contributed by atoms with Gasteiger partial charge in [-0.15, -0.1) is 0 Å². The van der Waals surface area contributed by atoms with E-state index in [9.17, 15) is 20.7 Å². The Kier molecular flexibility index (Phi) is 2.34. The van der Waals surface area contributed by atoms with E-state index in [0.29, 0.717) is 22.3 Å². The van der Waals surface area contributed by atoms with Crippen molar-refractivity contribution >= 4 is 0 Å². The molecule has 0 radical (unpaired) electrons. The van der Waals surface area contributed by atoms with E-state index in [4.69, 9.17) is 0 Å². The molecule has 4 nitrogen and oxygen atoms in total. The molecule has 0 amide bonds. The number of nitriles is 2. The summed E-state index contributed by atoms with van der Waals surface area (Å²) in [6, 6.07) is 18.0. The molecular weight excluding hydrogens is 276 g/mol. The van der Waals surface area contributed by atoms with Crippen LogP contribution in [0.15, 0.2) is 48.5 Å². The van der Waals surface area contributed by atoms with E-state index in [-0.39, 0.29) is 0 Å². The minimum atomic E-state index is -1.58. The van der Waals surface area contributed by atoms with Gasteiger partial charge in [0.05, 0.1) is 12.1 Å². The van der Waals surface area contributed by atoms with Gasteiger partial charge in [0.1, 0.15) is 23.0 Å². The zero-order valence-electron chi connectivity index (χ0n) is 11.6. The van der Waals surface area contributed by atoms with Crippen molar-refractivity contribution in [1.29, 1.82) is 10.5 Å². The third-order valence-electron chi connectivity index (χ3n) is 5.01. The van der Waals surface area contributed by atoms with Gasteiger partial charge in [0.25, 0.3) is 0 Å². The number of nitrogens with zero attached hydrogens (tertiary/aromatic N) is 2. The second-order valence-corrected chi connectivity index (χ2v) is 5.84. The molecule has 0 fully saturated rings. The van der Waals surface area contributed by atoms with E-state index in [0.717, 1.165) is 0 Å². The molecule has 2 aromatic carbocycles. The lowest BCUT2D eigenvalue weighted by Gasteiger charge is -2.55. The van der Waals surface area contributed by atoms with Crippen LogP contribution in [0, 0.1) is 34.5 Å². The van der Waals surface area contributed by atoms with Gasteiger partial charge in [-0.25, -0.2) is 0 Å². The first-order valence-electron chi connectivity index (χ1n) is 7.04. The van der Waals surface area contributed by atoms with Crippen molar-refractivity contribution in [2.24, 2.45) is 11.8 Å². The average molecular weight is 288 g/mol. The molecule has 0 heterocycles. The summed E-state index contributed by atoms with van der Waals surface area (Å²) < 4.78 is 0. The van der Waals surface area contributed by atoms with Crippen LogP contribution < -0.4 is 0 Å². The lowest BCUT2D eigenvalue weighted by atomic mass is 9.50. The molecule has 22 heavy (non-hydrogen) atoms. The molecule has 0 saturated carbocycles. The summed E-state index contributed by atoms with van der Waals surface area (Å²) in [7, 11) is 0. The van der Waals surface area contributed by atoms with Crippen LogP contribution in [0.3, 0.4) is 0 Å². The maximum absolute atomic E-state index is 11.4. The predicted molar refractivity (Wildman–Crippen MR) is 77.1 cm³/mol. The maximum Gasteiger partial charge on any atom is 0.133 e. The first-order valence-corrected chi connectivity index (χ1v) is 7.04. The summed E-state index contributed by atoms with van der Waals surface area (Å²) in [6.07, 6.45) is 0. The molecule has 0 spiro atoms. The highest BCUT2D eigenvalue weighted by molar-refractivity contribution is 5.62. The van der Waals surface area contributed by atoms with Crippen molar-refractivity contribution in [3.05, 3.63) is 70.8 Å². The number of fused-ring (bicyclic) bond motifs is 1. The van der Waals surface area contributed by atoms with Crippen LogP contribution in [0.1, 0.15) is 22.3 Å². The van der Waals surface area contributed by atoms with Gasteiger partial charge >= 0.3 is 0 Å². The Balaban J connectivity index is 2.22. The van der Waals surface area contributed by atoms with Crippen LogP contribution in [0.25, 0.3) is 0 Å². The van der Waals surface area contributed by atoms with Crippen LogP contribution in [0.2, 0.25) is 0 Å². The Labute approximate surface area is 127 Å². The highest BCUT2D eigenvalue weighted by Gasteiger charge is 2.65. The Morgan fingerprint density at radius 3 is 1.18 bits per heavy atom. The van der Waals surface area contributed by atoms with Crippen molar-refractivity contribution in [2.45, 2.75) is 11.2 Å². The first-order chi connectivity index (χ1) is 10.6. The van der Waals surface area contributed by atoms with Crippen molar-refractivity contribution in [3.63, 3.8) is 0 Å². The molecule has 0 aromatic heterocycles. The van der Waals surface area contributed by atoms with Crippen LogP contribution in [0.4, 0.5) is 0 Å². The van der Waals surface area contributed by atoms with Crippen LogP contribution in [0.5, 0.6) is 0 Å². The summed E-state index contributed by atoms with van der Waals surface area (Å²) in [6.45, 7) is 0. The molecule has 2 N–H and O–H groups in total. The summed E-state index contributed by atoms with van der Waals surface area (Å²) >= 11 is 0. The van der Waals surface area contributed by atoms with E-state index in [2.05, 4.69) is 12.1 Å². The summed E-state index contributed by atoms with van der Waals surface area (Å²) in [5, 5.41) is 42.0. The van der Waals surface area contributed by atoms with Gasteiger partial charge in [-0.2, -0.15) is 10.5 Å². The standard InChI is InChI=1S/C18H12N2O2/c19-9-15-16(10-20)18(22)12-6-2-1-5-11(12)17(15,21)13-7-3-4-8-14(13)18/h1-8,15-16,21-22H/t15-,16+,17?,18?. The van der Waals surface area contributed by atoms with Gasteiger partial charge in [-0.05, 0) is 22.3 Å². The summed E-state index contributed by atoms with van der Waals surface area (Å²) in [5.41, 5.74) is -1.12. The molecule has 4 heteroatoms. The minimum absolute atomic E-state index is 0.509. The molecule has 2 atom stereocenters. The van der Waals surface area contributed by atoms with Gasteiger partial charge in [0.15, 0.2) is 0 Å². The third-order valence-corrected chi connectivity index (χ3v) is 5.01. The van der Waals surface area contributed by atoms with E-state index >= 15 is 0 Å².